The summed E-state index contributed by atoms with van der Waals surface area (Å²) < 4.78 is 28.4. The summed E-state index contributed by atoms with van der Waals surface area (Å²) in [4.78, 5) is 13.4. The molecule has 0 radical (unpaired) electrons. The third kappa shape index (κ3) is 5.79. The number of amides is 1. The number of carbonyl (C=O) groups is 1. The third-order valence-corrected chi connectivity index (χ3v) is 5.69. The third-order valence-electron chi connectivity index (χ3n) is 3.57. The average Bonchev–Trinajstić information content (AvgIpc) is 2.56. The van der Waals surface area contributed by atoms with Crippen LogP contribution >= 0.6 is 11.8 Å². The van der Waals surface area contributed by atoms with E-state index in [1.165, 1.54) is 6.07 Å². The summed E-state index contributed by atoms with van der Waals surface area (Å²) in [7, 11) is -1.68. The Morgan fingerprint density at radius 2 is 1.84 bits per heavy atom. The van der Waals surface area contributed by atoms with Gasteiger partial charge in [-0.2, -0.15) is 0 Å². The molecule has 0 atom stereocenters. The van der Waals surface area contributed by atoms with Crippen LogP contribution in [0.3, 0.4) is 0 Å². The molecule has 0 saturated carbocycles. The van der Waals surface area contributed by atoms with Crippen LogP contribution in [0.15, 0.2) is 52.3 Å². The maximum absolute atomic E-state index is 12.1. The lowest BCUT2D eigenvalue weighted by Gasteiger charge is -2.10. The molecule has 134 valence electrons. The Kier molecular flexibility index (Phi) is 6.50. The lowest BCUT2D eigenvalue weighted by molar-refractivity contribution is -0.115. The highest BCUT2D eigenvalue weighted by Gasteiger charge is 2.11. The van der Waals surface area contributed by atoms with Crippen molar-refractivity contribution in [1.82, 2.24) is 0 Å². The molecule has 0 aliphatic carbocycles. The van der Waals surface area contributed by atoms with Crippen LogP contribution in [0.1, 0.15) is 12.0 Å². The average molecular weight is 380 g/mol. The summed E-state index contributed by atoms with van der Waals surface area (Å²) in [5.41, 5.74) is 1.35. The van der Waals surface area contributed by atoms with Gasteiger partial charge in [0.05, 0.1) is 12.0 Å². The summed E-state index contributed by atoms with van der Waals surface area (Å²) in [5, 5.41) is 2.79. The Hall–Kier alpha value is -1.99. The molecule has 2 rings (SSSR count). The number of ether oxygens (including phenoxy) is 1. The van der Waals surface area contributed by atoms with Gasteiger partial charge in [0.1, 0.15) is 5.75 Å². The molecule has 2 aromatic carbocycles. The molecule has 2 aromatic rings. The van der Waals surface area contributed by atoms with Crippen LogP contribution in [0.2, 0.25) is 0 Å². The lowest BCUT2D eigenvalue weighted by Crippen LogP contribution is -2.13. The van der Waals surface area contributed by atoms with Gasteiger partial charge < -0.3 is 10.1 Å². The monoisotopic (exact) mass is 379 g/mol. The van der Waals surface area contributed by atoms with Gasteiger partial charge in [-0.05, 0) is 48.9 Å². The lowest BCUT2D eigenvalue weighted by atomic mass is 10.2. The second kappa shape index (κ2) is 8.40. The first-order valence-corrected chi connectivity index (χ1v) is 10.5. The molecule has 5 nitrogen and oxygen atoms in total. The summed E-state index contributed by atoms with van der Waals surface area (Å²) >= 11 is 1.58. The predicted octanol–water partition coefficient (Wildman–Crippen LogP) is 3.53. The molecule has 0 bridgehead atoms. The molecule has 25 heavy (non-hydrogen) atoms. The second-order valence-electron chi connectivity index (χ2n) is 5.57. The number of methoxy groups -OCH3 is 1. The number of hydrogen-bond acceptors (Lipinski definition) is 5. The van der Waals surface area contributed by atoms with Crippen LogP contribution in [0, 0.1) is 6.92 Å². The predicted molar refractivity (Wildman–Crippen MR) is 101 cm³/mol. The number of benzene rings is 2. The van der Waals surface area contributed by atoms with Gasteiger partial charge in [0.15, 0.2) is 9.84 Å². The first-order chi connectivity index (χ1) is 11.8. The number of anilines is 1. The zero-order valence-electron chi connectivity index (χ0n) is 14.4. The Bertz CT molecular complexity index is 846. The standard InChI is InChI=1S/C18H21NO4S2/c1-13-4-9-16(25(3,21)22)12-17(13)19-18(20)10-11-24-15-7-5-14(23-2)6-8-15/h4-9,12H,10-11H2,1-3H3,(H,19,20). The molecule has 7 heteroatoms. The molecule has 0 spiro atoms. The molecule has 0 aromatic heterocycles. The van der Waals surface area contributed by atoms with E-state index < -0.39 is 9.84 Å². The molecule has 0 heterocycles. The second-order valence-corrected chi connectivity index (χ2v) is 8.76. The fraction of sp³-hybridized carbons (Fsp3) is 0.278. The van der Waals surface area contributed by atoms with Crippen LogP contribution < -0.4 is 10.1 Å². The molecular weight excluding hydrogens is 358 g/mol. The quantitative estimate of drug-likeness (QED) is 0.745. The van der Waals surface area contributed by atoms with Crippen LogP contribution in [0.4, 0.5) is 5.69 Å². The summed E-state index contributed by atoms with van der Waals surface area (Å²) in [6.07, 6.45) is 1.48. The van der Waals surface area contributed by atoms with Crippen molar-refractivity contribution in [2.45, 2.75) is 23.1 Å². The van der Waals surface area contributed by atoms with Crippen LogP contribution in [-0.2, 0) is 14.6 Å². The topological polar surface area (TPSA) is 72.5 Å². The highest BCUT2D eigenvalue weighted by atomic mass is 32.2. The molecule has 0 unspecified atom stereocenters. The Labute approximate surface area is 152 Å². The molecular formula is C18H21NO4S2. The van der Waals surface area contributed by atoms with E-state index in [0.717, 1.165) is 22.5 Å². The Morgan fingerprint density at radius 1 is 1.16 bits per heavy atom. The van der Waals surface area contributed by atoms with Crippen molar-refractivity contribution >= 4 is 33.2 Å². The first-order valence-electron chi connectivity index (χ1n) is 7.67. The van der Waals surface area contributed by atoms with Crippen molar-refractivity contribution in [1.29, 1.82) is 0 Å². The molecule has 0 aliphatic heterocycles. The Morgan fingerprint density at radius 3 is 2.44 bits per heavy atom. The highest BCUT2D eigenvalue weighted by Crippen LogP contribution is 2.23. The van der Waals surface area contributed by atoms with E-state index in [-0.39, 0.29) is 10.8 Å². The van der Waals surface area contributed by atoms with E-state index in [2.05, 4.69) is 5.32 Å². The molecule has 1 amide bonds. The van der Waals surface area contributed by atoms with E-state index >= 15 is 0 Å². The number of rotatable bonds is 7. The van der Waals surface area contributed by atoms with Gasteiger partial charge in [0.25, 0.3) is 0 Å². The molecule has 0 fully saturated rings. The maximum atomic E-state index is 12.1. The van der Waals surface area contributed by atoms with E-state index in [1.54, 1.807) is 31.0 Å². The Balaban J connectivity index is 1.91. The van der Waals surface area contributed by atoms with Crippen molar-refractivity contribution in [2.75, 3.05) is 24.4 Å². The van der Waals surface area contributed by atoms with Gasteiger partial charge in [0, 0.05) is 29.0 Å². The molecule has 0 saturated heterocycles. The van der Waals surface area contributed by atoms with E-state index in [1.807, 2.05) is 31.2 Å². The number of nitrogens with one attached hydrogen (secondary N) is 1. The number of aryl methyl sites for hydroxylation is 1. The maximum Gasteiger partial charge on any atom is 0.225 e. The summed E-state index contributed by atoms with van der Waals surface area (Å²) in [6, 6.07) is 12.4. The van der Waals surface area contributed by atoms with Gasteiger partial charge in [-0.3, -0.25) is 4.79 Å². The molecule has 1 N–H and O–H groups in total. The SMILES string of the molecule is COc1ccc(SCCC(=O)Nc2cc(S(C)(=O)=O)ccc2C)cc1. The van der Waals surface area contributed by atoms with Gasteiger partial charge in [-0.25, -0.2) is 8.42 Å². The van der Waals surface area contributed by atoms with E-state index in [9.17, 15) is 13.2 Å². The fourth-order valence-electron chi connectivity index (χ4n) is 2.11. The fourth-order valence-corrected chi connectivity index (χ4v) is 3.61. The first kappa shape index (κ1) is 19.3. The molecule has 0 aliphatic rings. The van der Waals surface area contributed by atoms with Gasteiger partial charge in [0.2, 0.25) is 5.91 Å². The minimum absolute atomic E-state index is 0.144. The van der Waals surface area contributed by atoms with Crippen LogP contribution in [-0.4, -0.2) is 33.4 Å². The van der Waals surface area contributed by atoms with Gasteiger partial charge in [-0.1, -0.05) is 6.07 Å². The normalized spacial score (nSPS) is 11.2. The number of hydrogen-bond donors (Lipinski definition) is 1. The summed E-state index contributed by atoms with van der Waals surface area (Å²) in [5.74, 6) is 1.28. The van der Waals surface area contributed by atoms with Gasteiger partial charge >= 0.3 is 0 Å². The van der Waals surface area contributed by atoms with Crippen LogP contribution in [0.5, 0.6) is 5.75 Å². The van der Waals surface area contributed by atoms with E-state index in [0.29, 0.717) is 17.9 Å². The smallest absolute Gasteiger partial charge is 0.225 e. The van der Waals surface area contributed by atoms with Crippen LogP contribution in [0.25, 0.3) is 0 Å². The number of carbonyl (C=O) groups excluding carboxylic acids is 1. The highest BCUT2D eigenvalue weighted by molar-refractivity contribution is 7.99. The van der Waals surface area contributed by atoms with Crippen molar-refractivity contribution in [3.8, 4) is 5.75 Å². The van der Waals surface area contributed by atoms with Gasteiger partial charge in [-0.15, -0.1) is 11.8 Å². The van der Waals surface area contributed by atoms with Crippen molar-refractivity contribution in [3.05, 3.63) is 48.0 Å². The largest absolute Gasteiger partial charge is 0.497 e. The summed E-state index contributed by atoms with van der Waals surface area (Å²) in [6.45, 7) is 1.83. The number of sulfone groups is 1. The van der Waals surface area contributed by atoms with Crippen molar-refractivity contribution in [3.63, 3.8) is 0 Å². The van der Waals surface area contributed by atoms with Crippen molar-refractivity contribution < 1.29 is 17.9 Å². The van der Waals surface area contributed by atoms with E-state index in [4.69, 9.17) is 4.74 Å². The zero-order valence-corrected chi connectivity index (χ0v) is 16.0. The zero-order chi connectivity index (χ0) is 18.4. The minimum Gasteiger partial charge on any atom is -0.497 e. The minimum atomic E-state index is -3.30. The van der Waals surface area contributed by atoms with Crippen molar-refractivity contribution in [2.24, 2.45) is 0 Å². The number of thioether (sulfide) groups is 1.